The van der Waals surface area contributed by atoms with Crippen molar-refractivity contribution in [2.45, 2.75) is 20.1 Å². The number of hydrogen-bond donors (Lipinski definition) is 0. The van der Waals surface area contributed by atoms with Crippen LogP contribution in [-0.2, 0) is 18.8 Å². The normalized spacial score (nSPS) is 19.8. The van der Waals surface area contributed by atoms with Crippen molar-refractivity contribution in [1.82, 2.24) is 4.90 Å². The number of hydrogen-bond acceptors (Lipinski definition) is 5. The lowest BCUT2D eigenvalue weighted by Crippen LogP contribution is -2.35. The summed E-state index contributed by atoms with van der Waals surface area (Å²) in [5, 5.41) is 0. The van der Waals surface area contributed by atoms with Crippen molar-refractivity contribution in [3.63, 3.8) is 0 Å². The van der Waals surface area contributed by atoms with Gasteiger partial charge in [-0.05, 0) is 19.8 Å². The smallest absolute Gasteiger partial charge is 0.333 e. The summed E-state index contributed by atoms with van der Waals surface area (Å²) in [5.74, 6) is 2.53. The van der Waals surface area contributed by atoms with Gasteiger partial charge in [-0.25, -0.2) is 8.37 Å². The summed E-state index contributed by atoms with van der Waals surface area (Å²) in [6, 6.07) is 2.73. The first-order valence-corrected chi connectivity index (χ1v) is 5.28. The van der Waals surface area contributed by atoms with Crippen LogP contribution in [0, 0.1) is 12.0 Å². The van der Waals surface area contributed by atoms with Crippen molar-refractivity contribution >= 4 is 10.4 Å². The monoisotopic (exact) mass is 205 g/mol. The molecule has 0 aromatic heterocycles. The maximum absolute atomic E-state index is 10.4. The Morgan fingerprint density at radius 1 is 1.31 bits per heavy atom. The van der Waals surface area contributed by atoms with Gasteiger partial charge in [0.25, 0.3) is 6.29 Å². The Bertz CT molecular complexity index is 310. The lowest BCUT2D eigenvalue weighted by Gasteiger charge is -2.20. The molecule has 0 atom stereocenters. The molecule has 0 N–H and O–H groups in total. The third kappa shape index (κ3) is 2.88. The molecule has 0 aromatic rings. The molecular weight excluding hydrogens is 194 g/mol. The molecule has 0 bridgehead atoms. The Morgan fingerprint density at radius 3 is 2.23 bits per heavy atom. The molecule has 0 saturated carbocycles. The van der Waals surface area contributed by atoms with Crippen LogP contribution in [0.5, 0.6) is 0 Å². The van der Waals surface area contributed by atoms with Crippen molar-refractivity contribution in [3.8, 4) is 12.0 Å². The van der Waals surface area contributed by atoms with Crippen molar-refractivity contribution < 1.29 is 16.8 Å². The highest BCUT2D eigenvalue weighted by molar-refractivity contribution is 7.82. The maximum Gasteiger partial charge on any atom is 0.406 e. The predicted molar refractivity (Wildman–Crippen MR) is 45.6 cm³/mol. The minimum absolute atomic E-state index is 0.781. The SMILES string of the molecule is CCN(C#CC1OS(=O)(=O)O1)CC. The van der Waals surface area contributed by atoms with Crippen LogP contribution in [0.15, 0.2) is 0 Å². The Kier molecular flexibility index (Phi) is 3.14. The van der Waals surface area contributed by atoms with E-state index in [-0.39, 0.29) is 0 Å². The summed E-state index contributed by atoms with van der Waals surface area (Å²) in [4.78, 5) is 1.82. The van der Waals surface area contributed by atoms with Gasteiger partial charge in [0.1, 0.15) is 0 Å². The first kappa shape index (κ1) is 10.3. The lowest BCUT2D eigenvalue weighted by molar-refractivity contribution is -0.0354. The molecule has 0 spiro atoms. The van der Waals surface area contributed by atoms with Gasteiger partial charge in [-0.2, -0.15) is 8.42 Å². The van der Waals surface area contributed by atoms with E-state index in [0.29, 0.717) is 0 Å². The van der Waals surface area contributed by atoms with Crippen LogP contribution in [-0.4, -0.2) is 32.7 Å². The molecule has 1 saturated heterocycles. The Hall–Kier alpha value is -0.770. The Balaban J connectivity index is 2.41. The van der Waals surface area contributed by atoms with Gasteiger partial charge < -0.3 is 4.90 Å². The van der Waals surface area contributed by atoms with E-state index in [1.54, 1.807) is 0 Å². The molecule has 1 fully saturated rings. The van der Waals surface area contributed by atoms with E-state index in [9.17, 15) is 8.42 Å². The van der Waals surface area contributed by atoms with Gasteiger partial charge in [0.15, 0.2) is 0 Å². The summed E-state index contributed by atoms with van der Waals surface area (Å²) in [6.45, 7) is 5.47. The molecule has 1 heterocycles. The molecule has 74 valence electrons. The van der Waals surface area contributed by atoms with Crippen molar-refractivity contribution in [2.75, 3.05) is 13.1 Å². The van der Waals surface area contributed by atoms with Crippen LogP contribution in [0.3, 0.4) is 0 Å². The molecular formula is C7H11NO4S. The molecule has 1 rings (SSSR count). The summed E-state index contributed by atoms with van der Waals surface area (Å²) in [6.07, 6.45) is -0.925. The second-order valence-corrected chi connectivity index (χ2v) is 3.56. The van der Waals surface area contributed by atoms with E-state index in [0.717, 1.165) is 13.1 Å². The van der Waals surface area contributed by atoms with Crippen LogP contribution < -0.4 is 0 Å². The Labute approximate surface area is 78.0 Å². The fourth-order valence-corrected chi connectivity index (χ4v) is 1.33. The highest BCUT2D eigenvalue weighted by atomic mass is 32.3. The van der Waals surface area contributed by atoms with E-state index < -0.39 is 16.7 Å². The molecule has 0 amide bonds. The van der Waals surface area contributed by atoms with E-state index in [2.05, 4.69) is 20.3 Å². The first-order valence-electron chi connectivity index (χ1n) is 3.95. The van der Waals surface area contributed by atoms with Gasteiger partial charge in [-0.3, -0.25) is 0 Å². The standard InChI is InChI=1S/C7H11NO4S/c1-3-8(4-2)6-5-7-11-13(9,10)12-7/h7H,3-4H2,1-2H3. The zero-order chi connectivity index (χ0) is 9.90. The minimum atomic E-state index is -3.71. The largest absolute Gasteiger partial charge is 0.406 e. The third-order valence-corrected chi connectivity index (χ3v) is 2.34. The van der Waals surface area contributed by atoms with Crippen LogP contribution in [0.1, 0.15) is 13.8 Å². The molecule has 1 aliphatic heterocycles. The minimum Gasteiger partial charge on any atom is -0.333 e. The molecule has 6 heteroatoms. The van der Waals surface area contributed by atoms with Gasteiger partial charge in [-0.15, -0.1) is 0 Å². The average molecular weight is 205 g/mol. The topological polar surface area (TPSA) is 55.8 Å². The highest BCUT2D eigenvalue weighted by Crippen LogP contribution is 2.16. The zero-order valence-corrected chi connectivity index (χ0v) is 8.30. The quantitative estimate of drug-likeness (QED) is 0.465. The van der Waals surface area contributed by atoms with Gasteiger partial charge in [0.05, 0.1) is 0 Å². The highest BCUT2D eigenvalue weighted by Gasteiger charge is 2.34. The van der Waals surface area contributed by atoms with Crippen molar-refractivity contribution in [3.05, 3.63) is 0 Å². The fraction of sp³-hybridized carbons (Fsp3) is 0.714. The third-order valence-electron chi connectivity index (χ3n) is 1.51. The zero-order valence-electron chi connectivity index (χ0n) is 7.48. The van der Waals surface area contributed by atoms with E-state index >= 15 is 0 Å². The molecule has 13 heavy (non-hydrogen) atoms. The van der Waals surface area contributed by atoms with Crippen LogP contribution in [0.25, 0.3) is 0 Å². The lowest BCUT2D eigenvalue weighted by atomic mass is 10.5. The Morgan fingerprint density at radius 2 is 1.85 bits per heavy atom. The summed E-state index contributed by atoms with van der Waals surface area (Å²) in [7, 11) is -3.71. The maximum atomic E-state index is 10.4. The molecule has 0 aromatic carbocycles. The van der Waals surface area contributed by atoms with Gasteiger partial charge in [-0.1, -0.05) is 0 Å². The second-order valence-electron chi connectivity index (χ2n) is 2.36. The molecule has 1 aliphatic rings. The van der Waals surface area contributed by atoms with Gasteiger partial charge in [0, 0.05) is 19.1 Å². The molecule has 5 nitrogen and oxygen atoms in total. The number of nitrogens with zero attached hydrogens (tertiary/aromatic N) is 1. The van der Waals surface area contributed by atoms with Crippen molar-refractivity contribution in [2.24, 2.45) is 0 Å². The summed E-state index contributed by atoms with van der Waals surface area (Å²) in [5.41, 5.74) is 0. The van der Waals surface area contributed by atoms with E-state index in [1.807, 2.05) is 18.7 Å². The number of rotatable bonds is 2. The van der Waals surface area contributed by atoms with Crippen LogP contribution >= 0.6 is 0 Å². The molecule has 0 unspecified atom stereocenters. The van der Waals surface area contributed by atoms with E-state index in [4.69, 9.17) is 0 Å². The van der Waals surface area contributed by atoms with E-state index in [1.165, 1.54) is 0 Å². The summed E-state index contributed by atoms with van der Waals surface area (Å²) < 4.78 is 29.3. The van der Waals surface area contributed by atoms with Crippen LogP contribution in [0.2, 0.25) is 0 Å². The van der Waals surface area contributed by atoms with Gasteiger partial charge in [0.2, 0.25) is 0 Å². The van der Waals surface area contributed by atoms with Crippen molar-refractivity contribution in [1.29, 1.82) is 0 Å². The molecule has 0 aliphatic carbocycles. The second kappa shape index (κ2) is 3.96. The molecule has 0 radical (unpaired) electrons. The summed E-state index contributed by atoms with van der Waals surface area (Å²) >= 11 is 0. The first-order chi connectivity index (χ1) is 6.07. The fourth-order valence-electron chi connectivity index (χ4n) is 0.795. The van der Waals surface area contributed by atoms with Gasteiger partial charge >= 0.3 is 10.4 Å². The van der Waals surface area contributed by atoms with Crippen LogP contribution in [0.4, 0.5) is 0 Å². The predicted octanol–water partition coefficient (Wildman–Crippen LogP) is -0.0932. The average Bonchev–Trinajstić information content (AvgIpc) is 2.03.